The lowest BCUT2D eigenvalue weighted by Crippen LogP contribution is -2.46. The molecule has 4 nitrogen and oxygen atoms in total. The van der Waals surface area contributed by atoms with Crippen molar-refractivity contribution in [2.75, 3.05) is 13.2 Å². The summed E-state index contributed by atoms with van der Waals surface area (Å²) in [7, 11) is 0. The summed E-state index contributed by atoms with van der Waals surface area (Å²) in [6, 6.07) is 0. The lowest BCUT2D eigenvalue weighted by Gasteiger charge is -2.17. The maximum absolute atomic E-state index is 11.2. The Labute approximate surface area is 63.9 Å². The van der Waals surface area contributed by atoms with Crippen molar-refractivity contribution in [1.29, 1.82) is 0 Å². The van der Waals surface area contributed by atoms with E-state index >= 15 is 0 Å². The van der Waals surface area contributed by atoms with Gasteiger partial charge in [-0.1, -0.05) is 0 Å². The lowest BCUT2D eigenvalue weighted by molar-refractivity contribution is -0.123. The van der Waals surface area contributed by atoms with Crippen LogP contribution in [0.15, 0.2) is 0 Å². The minimum Gasteiger partial charge on any atom is -0.378 e. The molecule has 2 saturated heterocycles. The van der Waals surface area contributed by atoms with Crippen molar-refractivity contribution in [3.05, 3.63) is 0 Å². The van der Waals surface area contributed by atoms with Crippen molar-refractivity contribution in [3.63, 3.8) is 0 Å². The van der Waals surface area contributed by atoms with Gasteiger partial charge in [-0.05, 0) is 0 Å². The SMILES string of the molecule is O=C1CC(=O)[C@@]2(CCOC2)N1. The lowest BCUT2D eigenvalue weighted by atomic mass is 9.96. The molecule has 0 saturated carbocycles. The molecule has 11 heavy (non-hydrogen) atoms. The number of carbonyl (C=O) groups is 2. The Kier molecular flexibility index (Phi) is 1.26. The van der Waals surface area contributed by atoms with Crippen LogP contribution in [0.5, 0.6) is 0 Å². The molecule has 2 aliphatic heterocycles. The topological polar surface area (TPSA) is 55.4 Å². The highest BCUT2D eigenvalue weighted by molar-refractivity contribution is 6.10. The first-order chi connectivity index (χ1) is 5.23. The van der Waals surface area contributed by atoms with Crippen LogP contribution in [0.25, 0.3) is 0 Å². The molecular weight excluding hydrogens is 146 g/mol. The molecule has 0 aromatic carbocycles. The van der Waals surface area contributed by atoms with Gasteiger partial charge in [0.25, 0.3) is 0 Å². The van der Waals surface area contributed by atoms with Crippen molar-refractivity contribution in [1.82, 2.24) is 5.32 Å². The summed E-state index contributed by atoms with van der Waals surface area (Å²) in [6.45, 7) is 0.934. The highest BCUT2D eigenvalue weighted by Gasteiger charge is 2.48. The maximum atomic E-state index is 11.2. The fourth-order valence-corrected chi connectivity index (χ4v) is 1.58. The van der Waals surface area contributed by atoms with Crippen LogP contribution in [0.3, 0.4) is 0 Å². The van der Waals surface area contributed by atoms with Crippen LogP contribution >= 0.6 is 0 Å². The van der Waals surface area contributed by atoms with Gasteiger partial charge in [0.05, 0.1) is 13.0 Å². The van der Waals surface area contributed by atoms with Crippen LogP contribution in [0.4, 0.5) is 0 Å². The molecule has 0 bridgehead atoms. The van der Waals surface area contributed by atoms with Gasteiger partial charge in [0.2, 0.25) is 5.91 Å². The van der Waals surface area contributed by atoms with Gasteiger partial charge in [0.1, 0.15) is 5.54 Å². The van der Waals surface area contributed by atoms with Crippen molar-refractivity contribution in [3.8, 4) is 0 Å². The molecular formula is C7H9NO3. The second-order valence-corrected chi connectivity index (χ2v) is 3.03. The first kappa shape index (κ1) is 6.79. The summed E-state index contributed by atoms with van der Waals surface area (Å²) in [5.74, 6) is -0.180. The average Bonchev–Trinajstić information content (AvgIpc) is 2.45. The number of hydrogen-bond donors (Lipinski definition) is 1. The zero-order valence-corrected chi connectivity index (χ0v) is 6.05. The summed E-state index contributed by atoms with van der Waals surface area (Å²) in [5, 5.41) is 2.67. The predicted molar refractivity (Wildman–Crippen MR) is 35.9 cm³/mol. The first-order valence-electron chi connectivity index (χ1n) is 3.65. The summed E-state index contributed by atoms with van der Waals surface area (Å²) >= 11 is 0. The zero-order chi connectivity index (χ0) is 7.90. The van der Waals surface area contributed by atoms with E-state index in [2.05, 4.69) is 5.32 Å². The fourth-order valence-electron chi connectivity index (χ4n) is 1.58. The van der Waals surface area contributed by atoms with Gasteiger partial charge in [-0.3, -0.25) is 9.59 Å². The number of amides is 1. The standard InChI is InChI=1S/C7H9NO3/c9-5-3-6(10)8-7(5)1-2-11-4-7/h1-4H2,(H,8,10)/t7-/m0/s1. The Morgan fingerprint density at radius 1 is 1.45 bits per heavy atom. The predicted octanol–water partition coefficient (Wildman–Crippen LogP) is -0.766. The van der Waals surface area contributed by atoms with E-state index in [4.69, 9.17) is 4.74 Å². The summed E-state index contributed by atoms with van der Waals surface area (Å²) in [5.41, 5.74) is -0.642. The molecule has 4 heteroatoms. The second kappa shape index (κ2) is 2.04. The molecule has 0 aromatic heterocycles. The number of nitrogens with one attached hydrogen (secondary N) is 1. The van der Waals surface area contributed by atoms with E-state index in [1.807, 2.05) is 0 Å². The molecule has 1 spiro atoms. The van der Waals surface area contributed by atoms with E-state index < -0.39 is 5.54 Å². The molecule has 1 amide bonds. The van der Waals surface area contributed by atoms with Crippen LogP contribution in [0.2, 0.25) is 0 Å². The fraction of sp³-hybridized carbons (Fsp3) is 0.714. The third-order valence-corrected chi connectivity index (χ3v) is 2.26. The Morgan fingerprint density at radius 3 is 2.73 bits per heavy atom. The van der Waals surface area contributed by atoms with Gasteiger partial charge in [0.15, 0.2) is 5.78 Å². The number of Topliss-reactive ketones (excluding diaryl/α,β-unsaturated/α-hetero) is 1. The monoisotopic (exact) mass is 155 g/mol. The Hall–Kier alpha value is -0.900. The minimum absolute atomic E-state index is 0.0139. The summed E-state index contributed by atoms with van der Waals surface area (Å²) in [6.07, 6.45) is 0.668. The molecule has 60 valence electrons. The first-order valence-corrected chi connectivity index (χ1v) is 3.65. The highest BCUT2D eigenvalue weighted by Crippen LogP contribution is 2.25. The van der Waals surface area contributed by atoms with Gasteiger partial charge >= 0.3 is 0 Å². The number of carbonyl (C=O) groups excluding carboxylic acids is 2. The van der Waals surface area contributed by atoms with Gasteiger partial charge in [-0.25, -0.2) is 0 Å². The molecule has 2 fully saturated rings. The number of ketones is 1. The Morgan fingerprint density at radius 2 is 2.27 bits per heavy atom. The number of hydrogen-bond acceptors (Lipinski definition) is 3. The molecule has 0 unspecified atom stereocenters. The molecule has 1 atom stereocenters. The van der Waals surface area contributed by atoms with Gasteiger partial charge in [0, 0.05) is 13.0 Å². The van der Waals surface area contributed by atoms with Crippen LogP contribution in [-0.2, 0) is 14.3 Å². The largest absolute Gasteiger partial charge is 0.378 e. The van der Waals surface area contributed by atoms with E-state index in [1.54, 1.807) is 0 Å². The third kappa shape index (κ3) is 0.860. The second-order valence-electron chi connectivity index (χ2n) is 3.03. The van der Waals surface area contributed by atoms with Crippen LogP contribution < -0.4 is 5.32 Å². The molecule has 2 aliphatic rings. The average molecular weight is 155 g/mol. The minimum atomic E-state index is -0.642. The van der Waals surface area contributed by atoms with E-state index in [0.29, 0.717) is 19.6 Å². The van der Waals surface area contributed by atoms with Gasteiger partial charge in [-0.15, -0.1) is 0 Å². The van der Waals surface area contributed by atoms with Gasteiger partial charge in [-0.2, -0.15) is 0 Å². The number of rotatable bonds is 0. The molecule has 0 aromatic rings. The van der Waals surface area contributed by atoms with Crippen LogP contribution in [0.1, 0.15) is 12.8 Å². The highest BCUT2D eigenvalue weighted by atomic mass is 16.5. The Bertz CT molecular complexity index is 218. The molecule has 2 heterocycles. The van der Waals surface area contributed by atoms with Crippen molar-refractivity contribution >= 4 is 11.7 Å². The summed E-state index contributed by atoms with van der Waals surface area (Å²) in [4.78, 5) is 22.1. The van der Waals surface area contributed by atoms with Crippen molar-refractivity contribution < 1.29 is 14.3 Å². The summed E-state index contributed by atoms with van der Waals surface area (Å²) < 4.78 is 5.07. The van der Waals surface area contributed by atoms with E-state index in [0.717, 1.165) is 0 Å². The van der Waals surface area contributed by atoms with Gasteiger partial charge < -0.3 is 10.1 Å². The van der Waals surface area contributed by atoms with E-state index in [9.17, 15) is 9.59 Å². The van der Waals surface area contributed by atoms with E-state index in [1.165, 1.54) is 0 Å². The Balaban J connectivity index is 2.24. The van der Waals surface area contributed by atoms with Crippen LogP contribution in [0, 0.1) is 0 Å². The third-order valence-electron chi connectivity index (χ3n) is 2.26. The zero-order valence-electron chi connectivity index (χ0n) is 6.05. The van der Waals surface area contributed by atoms with Crippen molar-refractivity contribution in [2.45, 2.75) is 18.4 Å². The van der Waals surface area contributed by atoms with E-state index in [-0.39, 0.29) is 18.1 Å². The number of ether oxygens (including phenoxy) is 1. The molecule has 0 radical (unpaired) electrons. The normalized spacial score (nSPS) is 36.7. The quantitative estimate of drug-likeness (QED) is 0.467. The molecule has 0 aliphatic carbocycles. The van der Waals surface area contributed by atoms with Crippen LogP contribution in [-0.4, -0.2) is 30.4 Å². The van der Waals surface area contributed by atoms with Crippen molar-refractivity contribution in [2.24, 2.45) is 0 Å². The molecule has 1 N–H and O–H groups in total. The maximum Gasteiger partial charge on any atom is 0.228 e. The smallest absolute Gasteiger partial charge is 0.228 e. The molecule has 2 rings (SSSR count).